The Morgan fingerprint density at radius 1 is 1.22 bits per heavy atom. The molecule has 0 bridgehead atoms. The topological polar surface area (TPSA) is 54.4 Å². The molecule has 0 spiro atoms. The second-order valence-corrected chi connectivity index (χ2v) is 2.33. The van der Waals surface area contributed by atoms with Gasteiger partial charge in [-0.15, -0.1) is 0 Å². The van der Waals surface area contributed by atoms with E-state index in [4.69, 9.17) is 13.0 Å². The van der Waals surface area contributed by atoms with Gasteiger partial charge in [-0.2, -0.15) is 21.6 Å². The second-order valence-electron chi connectivity index (χ2n) is 0.921. The van der Waals surface area contributed by atoms with Gasteiger partial charge in [0.05, 0.1) is 0 Å². The van der Waals surface area contributed by atoms with Gasteiger partial charge in [0.15, 0.2) is 0 Å². The predicted octanol–water partition coefficient (Wildman–Crippen LogP) is -0.254. The summed E-state index contributed by atoms with van der Waals surface area (Å²) in [5, 5.41) is 0. The first-order valence-corrected chi connectivity index (χ1v) is 2.73. The van der Waals surface area contributed by atoms with Crippen LogP contribution in [-0.4, -0.2) is 76.7 Å². The van der Waals surface area contributed by atoms with Crippen molar-refractivity contribution in [3.05, 3.63) is 0 Å². The molecule has 52 valence electrons. The van der Waals surface area contributed by atoms with Crippen LogP contribution in [0.5, 0.6) is 0 Å². The Morgan fingerprint density at radius 2 is 1.33 bits per heavy atom. The number of rotatable bonds is 0. The molecular formula is CH2F3O3RbS. The summed E-state index contributed by atoms with van der Waals surface area (Å²) in [6.45, 7) is 0. The van der Waals surface area contributed by atoms with Crippen LogP contribution in [0.4, 0.5) is 13.2 Å². The molecule has 0 fully saturated rings. The Kier molecular flexibility index (Phi) is 5.50. The van der Waals surface area contributed by atoms with E-state index in [1.807, 2.05) is 0 Å². The van der Waals surface area contributed by atoms with Gasteiger partial charge in [-0.05, 0) is 0 Å². The average Bonchev–Trinajstić information content (AvgIpc) is 1.25. The summed E-state index contributed by atoms with van der Waals surface area (Å²) in [6.07, 6.45) is 0. The number of hydrogen-bond acceptors (Lipinski definition) is 2. The molecule has 8 heteroatoms. The molecule has 0 aromatic heterocycles. The molecule has 0 saturated heterocycles. The van der Waals surface area contributed by atoms with Crippen molar-refractivity contribution in [2.45, 2.75) is 5.51 Å². The van der Waals surface area contributed by atoms with Crippen LogP contribution in [0.25, 0.3) is 0 Å². The van der Waals surface area contributed by atoms with E-state index < -0.39 is 15.6 Å². The third-order valence-electron chi connectivity index (χ3n) is 0.292. The summed E-state index contributed by atoms with van der Waals surface area (Å²) >= 11 is 0. The van der Waals surface area contributed by atoms with Gasteiger partial charge >= 0.3 is 73.8 Å². The van der Waals surface area contributed by atoms with E-state index in [1.165, 1.54) is 0 Å². The van der Waals surface area contributed by atoms with E-state index in [0.29, 0.717) is 0 Å². The Morgan fingerprint density at radius 3 is 1.33 bits per heavy atom. The molecule has 0 heterocycles. The van der Waals surface area contributed by atoms with E-state index in [-0.39, 0.29) is 58.2 Å². The van der Waals surface area contributed by atoms with E-state index in [1.54, 1.807) is 0 Å². The van der Waals surface area contributed by atoms with Crippen molar-refractivity contribution < 1.29 is 26.1 Å². The van der Waals surface area contributed by atoms with Crippen molar-refractivity contribution in [2.75, 3.05) is 0 Å². The van der Waals surface area contributed by atoms with Gasteiger partial charge in [0.2, 0.25) is 0 Å². The molecule has 3 nitrogen and oxygen atoms in total. The van der Waals surface area contributed by atoms with Crippen LogP contribution in [0.2, 0.25) is 0 Å². The van der Waals surface area contributed by atoms with Crippen molar-refractivity contribution in [2.24, 2.45) is 0 Å². The summed E-state index contributed by atoms with van der Waals surface area (Å²) < 4.78 is 57.5. The first-order valence-electron chi connectivity index (χ1n) is 1.29. The van der Waals surface area contributed by atoms with Crippen LogP contribution in [0, 0.1) is 0 Å². The van der Waals surface area contributed by atoms with Crippen LogP contribution < -0.4 is 0 Å². The summed E-state index contributed by atoms with van der Waals surface area (Å²) in [6, 6.07) is 0. The van der Waals surface area contributed by atoms with Gasteiger partial charge < -0.3 is 0 Å². The summed E-state index contributed by atoms with van der Waals surface area (Å²) in [7, 11) is -5.84. The van der Waals surface area contributed by atoms with Crippen molar-refractivity contribution in [3.63, 3.8) is 0 Å². The normalized spacial score (nSPS) is 12.4. The van der Waals surface area contributed by atoms with Gasteiger partial charge in [-0.25, -0.2) is 0 Å². The molecule has 0 radical (unpaired) electrons. The number of hydrogen-bond donors (Lipinski definition) is 1. The molecule has 0 aromatic carbocycles. The van der Waals surface area contributed by atoms with Gasteiger partial charge in [-0.3, -0.25) is 4.55 Å². The quantitative estimate of drug-likeness (QED) is 0.466. The van der Waals surface area contributed by atoms with Crippen molar-refractivity contribution in [3.8, 4) is 0 Å². The zero-order valence-electron chi connectivity index (χ0n) is 3.31. The van der Waals surface area contributed by atoms with Crippen LogP contribution in [-0.2, 0) is 10.1 Å². The van der Waals surface area contributed by atoms with Crippen molar-refractivity contribution in [1.82, 2.24) is 0 Å². The molecule has 9 heavy (non-hydrogen) atoms. The Hall–Kier alpha value is 1.51. The fraction of sp³-hybridized carbons (Fsp3) is 1.00. The summed E-state index contributed by atoms with van der Waals surface area (Å²) in [4.78, 5) is 0. The van der Waals surface area contributed by atoms with Crippen LogP contribution >= 0.6 is 0 Å². The Labute approximate surface area is 98.2 Å². The first-order chi connectivity index (χ1) is 3.25. The summed E-state index contributed by atoms with van der Waals surface area (Å²) in [5.74, 6) is 0. The van der Waals surface area contributed by atoms with E-state index in [9.17, 15) is 13.2 Å². The SMILES string of the molecule is O=S(=O)(O)C(F)(F)F.[RbH]. The molecule has 0 aromatic rings. The molecule has 0 aliphatic carbocycles. The van der Waals surface area contributed by atoms with E-state index in [0.717, 1.165) is 0 Å². The second kappa shape index (κ2) is 3.77. The Balaban J connectivity index is 0. The van der Waals surface area contributed by atoms with Gasteiger partial charge in [0, 0.05) is 0 Å². The monoisotopic (exact) mass is 236 g/mol. The zero-order valence-corrected chi connectivity index (χ0v) is 4.12. The molecule has 1 N–H and O–H groups in total. The standard InChI is InChI=1S/CHF3O3S.Rb.H/c2-1(3,4)8(5,6)7;;/h(H,5,6,7);;. The van der Waals surface area contributed by atoms with Crippen LogP contribution in [0.3, 0.4) is 0 Å². The molecule has 0 aliphatic rings. The van der Waals surface area contributed by atoms with Crippen LogP contribution in [0.1, 0.15) is 0 Å². The molecule has 0 saturated carbocycles. The van der Waals surface area contributed by atoms with E-state index >= 15 is 0 Å². The number of alkyl halides is 3. The summed E-state index contributed by atoms with van der Waals surface area (Å²) in [5.41, 5.74) is -5.53. The molecule has 0 aliphatic heterocycles. The maximum atomic E-state index is 10.7. The minimum absolute atomic E-state index is 0. The van der Waals surface area contributed by atoms with Gasteiger partial charge in [-0.1, -0.05) is 0 Å². The average molecular weight is 237 g/mol. The third-order valence-corrected chi connectivity index (χ3v) is 0.877. The van der Waals surface area contributed by atoms with Gasteiger partial charge in [0.1, 0.15) is 0 Å². The Bertz CT molecular complexity index is 168. The molecule has 0 amide bonds. The third kappa shape index (κ3) is 4.85. The van der Waals surface area contributed by atoms with Crippen LogP contribution in [0.15, 0.2) is 0 Å². The molecule has 0 rings (SSSR count). The fourth-order valence-electron chi connectivity index (χ4n) is 0. The number of halogens is 3. The van der Waals surface area contributed by atoms with Gasteiger partial charge in [0.25, 0.3) is 0 Å². The maximum absolute atomic E-state index is 10.7. The zero-order chi connectivity index (χ0) is 7.00. The molecular weight excluding hydrogens is 235 g/mol. The minimum atomic E-state index is -5.84. The molecule has 0 unspecified atom stereocenters. The predicted molar refractivity (Wildman–Crippen MR) is 24.8 cm³/mol. The fourth-order valence-corrected chi connectivity index (χ4v) is 0. The molecule has 0 atom stereocenters. The van der Waals surface area contributed by atoms with E-state index in [2.05, 4.69) is 0 Å². The first kappa shape index (κ1) is 13.1. The van der Waals surface area contributed by atoms with Crippen molar-refractivity contribution >= 4 is 68.3 Å². The van der Waals surface area contributed by atoms with Crippen molar-refractivity contribution in [1.29, 1.82) is 0 Å².